The summed E-state index contributed by atoms with van der Waals surface area (Å²) in [5.74, 6) is -0.620. The van der Waals surface area contributed by atoms with Gasteiger partial charge in [0.2, 0.25) is 10.0 Å². The number of carbonyl (C=O) groups is 1. The Morgan fingerprint density at radius 2 is 1.63 bits per heavy atom. The zero-order valence-corrected chi connectivity index (χ0v) is 20.5. The number of amides is 1. The fourth-order valence-electron chi connectivity index (χ4n) is 3.77. The molecule has 0 saturated carbocycles. The molecule has 0 aliphatic carbocycles. The van der Waals surface area contributed by atoms with Crippen LogP contribution in [-0.4, -0.2) is 36.3 Å². The monoisotopic (exact) mass is 494 g/mol. The summed E-state index contributed by atoms with van der Waals surface area (Å²) in [4.78, 5) is 23.1. The second kappa shape index (κ2) is 11.0. The van der Waals surface area contributed by atoms with E-state index in [1.807, 2.05) is 13.0 Å². The van der Waals surface area contributed by atoms with Crippen molar-refractivity contribution in [3.63, 3.8) is 0 Å². The molecule has 0 bridgehead atoms. The Bertz CT molecular complexity index is 1330. The van der Waals surface area contributed by atoms with Crippen LogP contribution in [0.3, 0.4) is 0 Å². The SMILES string of the molecule is Cc1cc(C)c(S(=O)(=O)N(CC(=O)N/N=C\c2ccc([N+](=O)[O-])cc2)Cc2ccccc2)c(C)c1. The number of hydrogen-bond donors (Lipinski definition) is 1. The highest BCUT2D eigenvalue weighted by atomic mass is 32.2. The number of benzene rings is 3. The maximum absolute atomic E-state index is 13.7. The number of carbonyl (C=O) groups excluding carboxylic acids is 1. The summed E-state index contributed by atoms with van der Waals surface area (Å²) < 4.78 is 28.4. The molecule has 1 N–H and O–H groups in total. The van der Waals surface area contributed by atoms with Crippen molar-refractivity contribution >= 4 is 27.8 Å². The Morgan fingerprint density at radius 1 is 1.03 bits per heavy atom. The Labute approximate surface area is 204 Å². The summed E-state index contributed by atoms with van der Waals surface area (Å²) >= 11 is 0. The molecular weight excluding hydrogens is 468 g/mol. The lowest BCUT2D eigenvalue weighted by molar-refractivity contribution is -0.384. The number of non-ortho nitro benzene ring substituents is 1. The van der Waals surface area contributed by atoms with Crippen LogP contribution in [0.5, 0.6) is 0 Å². The summed E-state index contributed by atoms with van der Waals surface area (Å²) in [6, 6.07) is 18.2. The molecule has 0 aliphatic heterocycles. The first-order valence-electron chi connectivity index (χ1n) is 10.8. The van der Waals surface area contributed by atoms with E-state index in [1.165, 1.54) is 30.5 Å². The zero-order chi connectivity index (χ0) is 25.6. The number of hydrazone groups is 1. The predicted octanol–water partition coefficient (Wildman–Crippen LogP) is 3.86. The van der Waals surface area contributed by atoms with Crippen molar-refractivity contribution in [2.75, 3.05) is 6.54 Å². The number of nitro benzene ring substituents is 1. The van der Waals surface area contributed by atoms with E-state index >= 15 is 0 Å². The van der Waals surface area contributed by atoms with E-state index in [0.717, 1.165) is 15.4 Å². The molecule has 182 valence electrons. The summed E-state index contributed by atoms with van der Waals surface area (Å²) in [6.07, 6.45) is 1.33. The molecule has 1 amide bonds. The summed E-state index contributed by atoms with van der Waals surface area (Å²) in [5, 5.41) is 14.6. The molecule has 0 heterocycles. The first kappa shape index (κ1) is 25.7. The van der Waals surface area contributed by atoms with Crippen molar-refractivity contribution in [1.29, 1.82) is 0 Å². The van der Waals surface area contributed by atoms with E-state index in [4.69, 9.17) is 0 Å². The van der Waals surface area contributed by atoms with Crippen LogP contribution in [0.1, 0.15) is 27.8 Å². The highest BCUT2D eigenvalue weighted by molar-refractivity contribution is 7.89. The molecule has 9 nitrogen and oxygen atoms in total. The number of nitro groups is 1. The average Bonchev–Trinajstić information content (AvgIpc) is 2.79. The molecule has 3 aromatic rings. The maximum atomic E-state index is 13.7. The third-order valence-corrected chi connectivity index (χ3v) is 7.33. The van der Waals surface area contributed by atoms with Crippen molar-refractivity contribution < 1.29 is 18.1 Å². The van der Waals surface area contributed by atoms with Crippen molar-refractivity contribution in [3.8, 4) is 0 Å². The van der Waals surface area contributed by atoms with Gasteiger partial charge in [-0.2, -0.15) is 9.41 Å². The molecule has 0 unspecified atom stereocenters. The van der Waals surface area contributed by atoms with Crippen LogP contribution >= 0.6 is 0 Å². The van der Waals surface area contributed by atoms with Gasteiger partial charge in [-0.25, -0.2) is 13.8 Å². The molecular formula is C25H26N4O5S. The molecule has 0 aromatic heterocycles. The van der Waals surface area contributed by atoms with Crippen LogP contribution in [0.25, 0.3) is 0 Å². The quantitative estimate of drug-likeness (QED) is 0.275. The number of sulfonamides is 1. The molecule has 3 aromatic carbocycles. The fourth-order valence-corrected chi connectivity index (χ4v) is 5.57. The molecule has 10 heteroatoms. The molecule has 0 radical (unpaired) electrons. The molecule has 0 aliphatic rings. The minimum Gasteiger partial charge on any atom is -0.272 e. The predicted molar refractivity (Wildman–Crippen MR) is 134 cm³/mol. The largest absolute Gasteiger partial charge is 0.272 e. The minimum atomic E-state index is -4.01. The Morgan fingerprint density at radius 3 is 2.20 bits per heavy atom. The van der Waals surface area contributed by atoms with Crippen LogP contribution < -0.4 is 5.43 Å². The summed E-state index contributed by atoms with van der Waals surface area (Å²) in [7, 11) is -4.01. The van der Waals surface area contributed by atoms with Crippen LogP contribution in [0.15, 0.2) is 76.7 Å². The second-order valence-electron chi connectivity index (χ2n) is 8.13. The van der Waals surface area contributed by atoms with Crippen molar-refractivity contribution in [2.24, 2.45) is 5.10 Å². The van der Waals surface area contributed by atoms with Gasteiger partial charge >= 0.3 is 0 Å². The van der Waals surface area contributed by atoms with Gasteiger partial charge in [0, 0.05) is 18.7 Å². The van der Waals surface area contributed by atoms with Crippen LogP contribution in [-0.2, 0) is 21.4 Å². The number of nitrogens with zero attached hydrogens (tertiary/aromatic N) is 3. The van der Waals surface area contributed by atoms with E-state index in [2.05, 4.69) is 10.5 Å². The zero-order valence-electron chi connectivity index (χ0n) is 19.6. The van der Waals surface area contributed by atoms with Gasteiger partial charge in [-0.3, -0.25) is 14.9 Å². The first-order chi connectivity index (χ1) is 16.6. The number of hydrogen-bond acceptors (Lipinski definition) is 6. The highest BCUT2D eigenvalue weighted by Gasteiger charge is 2.30. The normalized spacial score (nSPS) is 11.7. The third-order valence-electron chi connectivity index (χ3n) is 5.23. The van der Waals surface area contributed by atoms with Crippen molar-refractivity contribution in [2.45, 2.75) is 32.2 Å². The van der Waals surface area contributed by atoms with Crippen LogP contribution in [0.4, 0.5) is 5.69 Å². The van der Waals surface area contributed by atoms with Gasteiger partial charge in [0.1, 0.15) is 0 Å². The molecule has 35 heavy (non-hydrogen) atoms. The van der Waals surface area contributed by atoms with E-state index < -0.39 is 27.4 Å². The molecule has 3 rings (SSSR count). The Hall–Kier alpha value is -3.89. The van der Waals surface area contributed by atoms with Gasteiger partial charge in [-0.15, -0.1) is 0 Å². The first-order valence-corrected chi connectivity index (χ1v) is 12.2. The topological polar surface area (TPSA) is 122 Å². The van der Waals surface area contributed by atoms with E-state index in [1.54, 1.807) is 50.2 Å². The van der Waals surface area contributed by atoms with E-state index in [9.17, 15) is 23.3 Å². The standard InChI is InChI=1S/C25H26N4O5S/c1-18-13-19(2)25(20(3)14-18)35(33,34)28(16-22-7-5-4-6-8-22)17-24(30)27-26-15-21-9-11-23(12-10-21)29(31)32/h4-15H,16-17H2,1-3H3,(H,27,30)/b26-15-. The van der Waals surface area contributed by atoms with Crippen LogP contribution in [0, 0.1) is 30.9 Å². The van der Waals surface area contributed by atoms with E-state index in [-0.39, 0.29) is 17.1 Å². The Balaban J connectivity index is 1.82. The van der Waals surface area contributed by atoms with Gasteiger partial charge < -0.3 is 0 Å². The Kier molecular flexibility index (Phi) is 8.10. The highest BCUT2D eigenvalue weighted by Crippen LogP contribution is 2.26. The minimum absolute atomic E-state index is 0.00934. The second-order valence-corrected chi connectivity index (χ2v) is 10.0. The van der Waals surface area contributed by atoms with Gasteiger partial charge in [0.25, 0.3) is 11.6 Å². The molecule has 0 fully saturated rings. The fraction of sp³-hybridized carbons (Fsp3) is 0.200. The summed E-state index contributed by atoms with van der Waals surface area (Å²) in [5.41, 5.74) is 5.72. The van der Waals surface area contributed by atoms with E-state index in [0.29, 0.717) is 16.7 Å². The number of nitrogens with one attached hydrogen (secondary N) is 1. The van der Waals surface area contributed by atoms with Crippen molar-refractivity contribution in [3.05, 3.63) is 105 Å². The van der Waals surface area contributed by atoms with Gasteiger partial charge in [-0.1, -0.05) is 48.0 Å². The van der Waals surface area contributed by atoms with Gasteiger partial charge in [-0.05, 0) is 55.2 Å². The molecule has 0 saturated heterocycles. The lowest BCUT2D eigenvalue weighted by atomic mass is 10.1. The maximum Gasteiger partial charge on any atom is 0.269 e. The van der Waals surface area contributed by atoms with Crippen LogP contribution in [0.2, 0.25) is 0 Å². The lowest BCUT2D eigenvalue weighted by Crippen LogP contribution is -2.39. The number of rotatable bonds is 9. The number of aryl methyl sites for hydroxylation is 3. The summed E-state index contributed by atoms with van der Waals surface area (Å²) in [6.45, 7) is 4.94. The van der Waals surface area contributed by atoms with Crippen molar-refractivity contribution in [1.82, 2.24) is 9.73 Å². The lowest BCUT2D eigenvalue weighted by Gasteiger charge is -2.24. The van der Waals surface area contributed by atoms with Gasteiger partial charge in [0.15, 0.2) is 0 Å². The molecule has 0 atom stereocenters. The average molecular weight is 495 g/mol. The third kappa shape index (κ3) is 6.58. The smallest absolute Gasteiger partial charge is 0.269 e. The van der Waals surface area contributed by atoms with Gasteiger partial charge in [0.05, 0.1) is 22.6 Å². The molecule has 0 spiro atoms.